The van der Waals surface area contributed by atoms with Crippen molar-refractivity contribution in [3.05, 3.63) is 114 Å². The number of carbonyl (C=O) groups excluding carboxylic acids is 2. The molecule has 0 bridgehead atoms. The highest BCUT2D eigenvalue weighted by molar-refractivity contribution is 7.92. The van der Waals surface area contributed by atoms with Crippen molar-refractivity contribution in [2.24, 2.45) is 0 Å². The summed E-state index contributed by atoms with van der Waals surface area (Å²) in [6.45, 7) is 0. The van der Waals surface area contributed by atoms with Gasteiger partial charge >= 0.3 is 6.03 Å². The lowest BCUT2D eigenvalue weighted by Gasteiger charge is -2.22. The molecule has 9 nitrogen and oxygen atoms in total. The van der Waals surface area contributed by atoms with Crippen LogP contribution in [0.25, 0.3) is 11.3 Å². The average molecular weight is 568 g/mol. The predicted octanol–water partition coefficient (Wildman–Crippen LogP) is 5.54. The van der Waals surface area contributed by atoms with E-state index < -0.39 is 10.0 Å². The zero-order chi connectivity index (χ0) is 29.1. The van der Waals surface area contributed by atoms with E-state index in [1.807, 2.05) is 42.5 Å². The number of hydrogen-bond donors (Lipinski definition) is 3. The number of carbonyl (C=O) groups is 2. The molecule has 1 aliphatic heterocycles. The van der Waals surface area contributed by atoms with E-state index in [1.165, 1.54) is 21.9 Å². The molecule has 3 N–H and O–H groups in total. The summed E-state index contributed by atoms with van der Waals surface area (Å²) < 4.78 is 29.0. The van der Waals surface area contributed by atoms with Gasteiger partial charge in [-0.15, -0.1) is 0 Å². The maximum absolute atomic E-state index is 13.3. The Hall–Kier alpha value is -5.09. The predicted molar refractivity (Wildman–Crippen MR) is 163 cm³/mol. The SMILES string of the molecule is CN(C)C(=O)N(C)c1ccc(NC(=C2C(=O)Nc3ccc(S(=O)(=O)Nc4ccccc4)cc32)c2ccccc2)cc1. The van der Waals surface area contributed by atoms with Crippen LogP contribution in [0.1, 0.15) is 11.1 Å². The van der Waals surface area contributed by atoms with Gasteiger partial charge in [-0.1, -0.05) is 48.5 Å². The molecule has 0 saturated carbocycles. The Morgan fingerprint density at radius 1 is 0.780 bits per heavy atom. The van der Waals surface area contributed by atoms with E-state index in [1.54, 1.807) is 69.7 Å². The van der Waals surface area contributed by atoms with E-state index in [4.69, 9.17) is 0 Å². The molecule has 0 saturated heterocycles. The molecule has 0 radical (unpaired) electrons. The van der Waals surface area contributed by atoms with Crippen LogP contribution in [0.3, 0.4) is 0 Å². The average Bonchev–Trinajstić information content (AvgIpc) is 3.30. The lowest BCUT2D eigenvalue weighted by molar-refractivity contribution is -0.110. The van der Waals surface area contributed by atoms with E-state index in [0.717, 1.165) is 5.56 Å². The molecule has 0 fully saturated rings. The van der Waals surface area contributed by atoms with Crippen molar-refractivity contribution in [3.8, 4) is 0 Å². The Morgan fingerprint density at radius 2 is 1.41 bits per heavy atom. The fraction of sp³-hybridized carbons (Fsp3) is 0.0968. The molecule has 3 amide bonds. The van der Waals surface area contributed by atoms with Crippen LogP contribution in [0.15, 0.2) is 108 Å². The molecule has 41 heavy (non-hydrogen) atoms. The highest BCUT2D eigenvalue weighted by Gasteiger charge is 2.30. The van der Waals surface area contributed by atoms with Crippen LogP contribution < -0.4 is 20.3 Å². The first-order valence-corrected chi connectivity index (χ1v) is 14.3. The summed E-state index contributed by atoms with van der Waals surface area (Å²) in [5.41, 5.74) is 4.36. The van der Waals surface area contributed by atoms with Crippen molar-refractivity contribution in [2.45, 2.75) is 4.90 Å². The molecule has 4 aromatic carbocycles. The van der Waals surface area contributed by atoms with Crippen molar-refractivity contribution >= 4 is 56.0 Å². The summed E-state index contributed by atoms with van der Waals surface area (Å²) in [5.74, 6) is -0.357. The molecule has 0 aromatic heterocycles. The van der Waals surface area contributed by atoms with Crippen LogP contribution in [-0.4, -0.2) is 46.4 Å². The number of para-hydroxylation sites is 1. The van der Waals surface area contributed by atoms with Gasteiger partial charge in [-0.05, 0) is 60.2 Å². The normalized spacial score (nSPS) is 13.6. The maximum atomic E-state index is 13.3. The molecular formula is C31H29N5O4S. The molecular weight excluding hydrogens is 538 g/mol. The number of nitrogens with zero attached hydrogens (tertiary/aromatic N) is 2. The smallest absolute Gasteiger partial charge is 0.323 e. The van der Waals surface area contributed by atoms with Gasteiger partial charge in [0.15, 0.2) is 0 Å². The largest absolute Gasteiger partial charge is 0.354 e. The van der Waals surface area contributed by atoms with E-state index in [-0.39, 0.29) is 16.8 Å². The molecule has 0 aliphatic carbocycles. The second-order valence-electron chi connectivity index (χ2n) is 9.66. The number of urea groups is 1. The molecule has 4 aromatic rings. The third-order valence-corrected chi connectivity index (χ3v) is 7.96. The Bertz CT molecular complexity index is 1740. The lowest BCUT2D eigenvalue weighted by Crippen LogP contribution is -2.36. The number of benzene rings is 4. The summed E-state index contributed by atoms with van der Waals surface area (Å²) in [5, 5.41) is 6.22. The summed E-state index contributed by atoms with van der Waals surface area (Å²) in [6.07, 6.45) is 0. The number of anilines is 4. The van der Waals surface area contributed by atoms with Crippen LogP contribution in [-0.2, 0) is 14.8 Å². The molecule has 5 rings (SSSR count). The molecule has 1 aliphatic rings. The van der Waals surface area contributed by atoms with Gasteiger partial charge in [-0.25, -0.2) is 13.2 Å². The fourth-order valence-corrected chi connectivity index (χ4v) is 5.57. The molecule has 10 heteroatoms. The zero-order valence-corrected chi connectivity index (χ0v) is 23.6. The number of amides is 3. The van der Waals surface area contributed by atoms with E-state index >= 15 is 0 Å². The summed E-state index contributed by atoms with van der Waals surface area (Å²) >= 11 is 0. The van der Waals surface area contributed by atoms with Crippen molar-refractivity contribution in [1.82, 2.24) is 4.90 Å². The van der Waals surface area contributed by atoms with Crippen molar-refractivity contribution in [3.63, 3.8) is 0 Å². The quantitative estimate of drug-likeness (QED) is 0.254. The van der Waals surface area contributed by atoms with Crippen molar-refractivity contribution < 1.29 is 18.0 Å². The van der Waals surface area contributed by atoms with Crippen LogP contribution in [0.2, 0.25) is 0 Å². The van der Waals surface area contributed by atoms with Crippen LogP contribution >= 0.6 is 0 Å². The Morgan fingerprint density at radius 3 is 2.05 bits per heavy atom. The third kappa shape index (κ3) is 5.78. The van der Waals surface area contributed by atoms with Crippen molar-refractivity contribution in [2.75, 3.05) is 41.4 Å². The first-order valence-electron chi connectivity index (χ1n) is 12.8. The summed E-state index contributed by atoms with van der Waals surface area (Å²) in [4.78, 5) is 28.8. The minimum absolute atomic E-state index is 0.0273. The second kappa shape index (κ2) is 11.2. The summed E-state index contributed by atoms with van der Waals surface area (Å²) in [6, 6.07) is 29.6. The maximum Gasteiger partial charge on any atom is 0.323 e. The van der Waals surface area contributed by atoms with Crippen LogP contribution in [0.5, 0.6) is 0 Å². The number of nitrogens with one attached hydrogen (secondary N) is 3. The first-order chi connectivity index (χ1) is 19.6. The lowest BCUT2D eigenvalue weighted by atomic mass is 10.00. The molecule has 0 atom stereocenters. The number of fused-ring (bicyclic) bond motifs is 1. The fourth-order valence-electron chi connectivity index (χ4n) is 4.49. The van der Waals surface area contributed by atoms with Gasteiger partial charge in [-0.2, -0.15) is 0 Å². The Kier molecular flexibility index (Phi) is 7.50. The summed E-state index contributed by atoms with van der Waals surface area (Å²) in [7, 11) is 1.15. The minimum atomic E-state index is -3.92. The molecule has 0 unspecified atom stereocenters. The Balaban J connectivity index is 1.55. The first kappa shape index (κ1) is 27.5. The minimum Gasteiger partial charge on any atom is -0.354 e. The highest BCUT2D eigenvalue weighted by atomic mass is 32.2. The molecule has 208 valence electrons. The van der Waals surface area contributed by atoms with E-state index in [9.17, 15) is 18.0 Å². The van der Waals surface area contributed by atoms with Crippen LogP contribution in [0.4, 0.5) is 27.5 Å². The topological polar surface area (TPSA) is 111 Å². The zero-order valence-electron chi connectivity index (χ0n) is 22.8. The van der Waals surface area contributed by atoms with E-state index in [0.29, 0.717) is 39.6 Å². The number of hydrogen-bond acceptors (Lipinski definition) is 5. The number of sulfonamides is 1. The van der Waals surface area contributed by atoms with Crippen molar-refractivity contribution in [1.29, 1.82) is 0 Å². The third-order valence-electron chi connectivity index (χ3n) is 6.58. The van der Waals surface area contributed by atoms with Gasteiger partial charge in [0.1, 0.15) is 0 Å². The van der Waals surface area contributed by atoms with Gasteiger partial charge in [0.25, 0.3) is 15.9 Å². The second-order valence-corrected chi connectivity index (χ2v) is 11.3. The highest BCUT2D eigenvalue weighted by Crippen LogP contribution is 2.39. The van der Waals surface area contributed by atoms with Gasteiger partial charge in [0.2, 0.25) is 0 Å². The Labute approximate surface area is 239 Å². The van der Waals surface area contributed by atoms with Gasteiger partial charge in [-0.3, -0.25) is 14.4 Å². The van der Waals surface area contributed by atoms with Gasteiger partial charge < -0.3 is 15.5 Å². The van der Waals surface area contributed by atoms with E-state index in [2.05, 4.69) is 15.4 Å². The monoisotopic (exact) mass is 567 g/mol. The molecule has 1 heterocycles. The van der Waals surface area contributed by atoms with Crippen LogP contribution in [0, 0.1) is 0 Å². The number of rotatable bonds is 7. The standard InChI is InChI=1S/C31H29N5O4S/c1-35(2)31(38)36(3)24-16-14-22(15-17-24)32-29(21-10-6-4-7-11-21)28-26-20-25(18-19-27(26)33-30(28)37)41(39,40)34-23-12-8-5-9-13-23/h4-20,32,34H,1-3H3,(H,33,37). The van der Waals surface area contributed by atoms with Gasteiger partial charge in [0, 0.05) is 49.5 Å². The molecule has 0 spiro atoms. The van der Waals surface area contributed by atoms with Gasteiger partial charge in [0.05, 0.1) is 16.2 Å².